The second-order valence-corrected chi connectivity index (χ2v) is 8.70. The van der Waals surface area contributed by atoms with Crippen molar-refractivity contribution in [1.29, 1.82) is 0 Å². The van der Waals surface area contributed by atoms with Crippen LogP contribution in [0.25, 0.3) is 5.65 Å². The fourth-order valence-corrected chi connectivity index (χ4v) is 3.15. The molecule has 29 heavy (non-hydrogen) atoms. The fraction of sp³-hybridized carbons (Fsp3) is 0.474. The number of hydrogen-bond acceptors (Lipinski definition) is 6. The molecule has 4 rings (SSSR count). The molecule has 0 aromatic carbocycles. The number of aromatic hydroxyl groups is 1. The van der Waals surface area contributed by atoms with Crippen LogP contribution in [0.3, 0.4) is 0 Å². The predicted molar refractivity (Wildman–Crippen MR) is 108 cm³/mol. The van der Waals surface area contributed by atoms with Gasteiger partial charge in [0.15, 0.2) is 17.2 Å². The number of fused-ring (bicyclic) bond motifs is 1. The zero-order valence-corrected chi connectivity index (χ0v) is 16.9. The molecule has 0 bridgehead atoms. The quantitative estimate of drug-likeness (QED) is 0.600. The summed E-state index contributed by atoms with van der Waals surface area (Å²) in [5, 5.41) is 25.2. The maximum Gasteiger partial charge on any atom is 0.291 e. The van der Waals surface area contributed by atoms with Gasteiger partial charge < -0.3 is 15.7 Å². The molecule has 1 aliphatic rings. The molecule has 1 aliphatic carbocycles. The lowest BCUT2D eigenvalue weighted by Gasteiger charge is -2.23. The van der Waals surface area contributed by atoms with E-state index in [-0.39, 0.29) is 22.9 Å². The van der Waals surface area contributed by atoms with Crippen molar-refractivity contribution in [3.05, 3.63) is 34.2 Å². The summed E-state index contributed by atoms with van der Waals surface area (Å²) in [5.74, 6) is 0.0402. The summed E-state index contributed by atoms with van der Waals surface area (Å²) in [6.07, 6.45) is 3.54. The van der Waals surface area contributed by atoms with E-state index in [0.29, 0.717) is 23.8 Å². The second kappa shape index (κ2) is 6.64. The fourth-order valence-electron chi connectivity index (χ4n) is 3.15. The average molecular weight is 399 g/mol. The number of aromatic nitrogens is 5. The highest BCUT2D eigenvalue weighted by Gasteiger charge is 2.30. The van der Waals surface area contributed by atoms with E-state index >= 15 is 0 Å². The third-order valence-corrected chi connectivity index (χ3v) is 4.59. The average Bonchev–Trinajstić information content (AvgIpc) is 3.17. The number of nitrogens with one attached hydrogen (secondary N) is 2. The molecule has 3 N–H and O–H groups in total. The molecule has 0 aliphatic heterocycles. The molecule has 154 valence electrons. The molecule has 0 unspecified atom stereocenters. The maximum absolute atomic E-state index is 13.0. The van der Waals surface area contributed by atoms with E-state index in [2.05, 4.69) is 20.8 Å². The SMILES string of the molecule is Cn1ccc(Nc2cc3n(CC(C)(C)C)c(O)c(C(=O)NC4CC4)c(=O)n3n2)n1. The van der Waals surface area contributed by atoms with Crippen LogP contribution in [0.2, 0.25) is 0 Å². The van der Waals surface area contributed by atoms with Gasteiger partial charge in [-0.3, -0.25) is 18.8 Å². The zero-order chi connectivity index (χ0) is 20.9. The smallest absolute Gasteiger partial charge is 0.291 e. The minimum Gasteiger partial charge on any atom is -0.494 e. The van der Waals surface area contributed by atoms with Crippen molar-refractivity contribution in [2.24, 2.45) is 12.5 Å². The molecular formula is C19H25N7O3. The molecule has 0 atom stereocenters. The number of anilines is 2. The minimum atomic E-state index is -0.658. The number of nitrogens with zero attached hydrogens (tertiary/aromatic N) is 5. The Balaban J connectivity index is 1.85. The number of carbonyl (C=O) groups is 1. The number of aryl methyl sites for hydroxylation is 1. The number of carbonyl (C=O) groups excluding carboxylic acids is 1. The van der Waals surface area contributed by atoms with Crippen LogP contribution < -0.4 is 16.2 Å². The Morgan fingerprint density at radius 3 is 2.59 bits per heavy atom. The highest BCUT2D eigenvalue weighted by Crippen LogP contribution is 2.27. The van der Waals surface area contributed by atoms with Crippen LogP contribution in [0.1, 0.15) is 44.0 Å². The molecule has 0 spiro atoms. The van der Waals surface area contributed by atoms with Gasteiger partial charge in [-0.15, -0.1) is 5.10 Å². The van der Waals surface area contributed by atoms with Gasteiger partial charge in [0.1, 0.15) is 5.65 Å². The summed E-state index contributed by atoms with van der Waals surface area (Å²) in [6, 6.07) is 3.49. The standard InChI is InChI=1S/C19H25N7O3/c1-19(2,3)10-25-14-9-13(21-12-7-8-24(4)22-12)23-26(14)18(29)15(17(25)28)16(27)20-11-5-6-11/h7-9,11,28H,5-6,10H2,1-4H3,(H,20,27)(H,21,22,23). The van der Waals surface area contributed by atoms with Crippen LogP contribution >= 0.6 is 0 Å². The Kier molecular flexibility index (Phi) is 4.36. The molecule has 3 heterocycles. The molecule has 10 heteroatoms. The van der Waals surface area contributed by atoms with Crippen molar-refractivity contribution in [2.45, 2.75) is 46.2 Å². The van der Waals surface area contributed by atoms with E-state index in [1.165, 1.54) is 0 Å². The molecular weight excluding hydrogens is 374 g/mol. The van der Waals surface area contributed by atoms with Gasteiger partial charge in [0.05, 0.1) is 0 Å². The predicted octanol–water partition coefficient (Wildman–Crippen LogP) is 1.62. The van der Waals surface area contributed by atoms with Crippen LogP contribution in [0.5, 0.6) is 5.88 Å². The first-order valence-electron chi connectivity index (χ1n) is 9.55. The van der Waals surface area contributed by atoms with Crippen LogP contribution in [-0.4, -0.2) is 41.0 Å². The van der Waals surface area contributed by atoms with E-state index in [4.69, 9.17) is 0 Å². The van der Waals surface area contributed by atoms with Gasteiger partial charge >= 0.3 is 0 Å². The lowest BCUT2D eigenvalue weighted by atomic mass is 9.96. The summed E-state index contributed by atoms with van der Waals surface area (Å²) in [7, 11) is 1.80. The van der Waals surface area contributed by atoms with Gasteiger partial charge in [-0.25, -0.2) is 0 Å². The molecule has 0 radical (unpaired) electrons. The van der Waals surface area contributed by atoms with Crippen molar-refractivity contribution in [2.75, 3.05) is 5.32 Å². The minimum absolute atomic E-state index is 0.0621. The highest BCUT2D eigenvalue weighted by molar-refractivity contribution is 5.96. The Morgan fingerprint density at radius 1 is 1.28 bits per heavy atom. The van der Waals surface area contributed by atoms with Gasteiger partial charge in [0, 0.05) is 38.0 Å². The largest absolute Gasteiger partial charge is 0.494 e. The van der Waals surface area contributed by atoms with Crippen LogP contribution in [-0.2, 0) is 13.6 Å². The van der Waals surface area contributed by atoms with Crippen molar-refractivity contribution in [3.8, 4) is 5.88 Å². The van der Waals surface area contributed by atoms with E-state index < -0.39 is 11.5 Å². The van der Waals surface area contributed by atoms with Crippen molar-refractivity contribution in [3.63, 3.8) is 0 Å². The second-order valence-electron chi connectivity index (χ2n) is 8.70. The van der Waals surface area contributed by atoms with Crippen molar-refractivity contribution in [1.82, 2.24) is 29.3 Å². The molecule has 0 saturated heterocycles. The van der Waals surface area contributed by atoms with Crippen LogP contribution in [0, 0.1) is 5.41 Å². The maximum atomic E-state index is 13.0. The summed E-state index contributed by atoms with van der Waals surface area (Å²) in [5.41, 5.74) is -0.768. The Bertz CT molecular complexity index is 1150. The summed E-state index contributed by atoms with van der Waals surface area (Å²) in [6.45, 7) is 6.41. The first kappa shape index (κ1) is 19.0. The monoisotopic (exact) mass is 399 g/mol. The van der Waals surface area contributed by atoms with Crippen molar-refractivity contribution >= 4 is 23.2 Å². The molecule has 10 nitrogen and oxygen atoms in total. The van der Waals surface area contributed by atoms with E-state index in [9.17, 15) is 14.7 Å². The molecule has 3 aromatic rings. The summed E-state index contributed by atoms with van der Waals surface area (Å²) in [4.78, 5) is 25.6. The Hall–Kier alpha value is -3.30. The van der Waals surface area contributed by atoms with Crippen LogP contribution in [0.4, 0.5) is 11.6 Å². The van der Waals surface area contributed by atoms with Gasteiger partial charge in [0.2, 0.25) is 5.88 Å². The topological polar surface area (TPSA) is 118 Å². The zero-order valence-electron chi connectivity index (χ0n) is 16.9. The van der Waals surface area contributed by atoms with Crippen molar-refractivity contribution < 1.29 is 9.90 Å². The van der Waals surface area contributed by atoms with Gasteiger partial charge in [0.25, 0.3) is 11.5 Å². The number of rotatable bonds is 5. The highest BCUT2D eigenvalue weighted by atomic mass is 16.3. The molecule has 3 aromatic heterocycles. The van der Waals surface area contributed by atoms with E-state index in [1.54, 1.807) is 34.6 Å². The first-order chi connectivity index (χ1) is 13.6. The third kappa shape index (κ3) is 3.82. The molecule has 1 saturated carbocycles. The summed E-state index contributed by atoms with van der Waals surface area (Å²) < 4.78 is 4.35. The van der Waals surface area contributed by atoms with Crippen LogP contribution in [0.15, 0.2) is 23.1 Å². The normalized spacial score (nSPS) is 14.3. The Labute approximate surface area is 167 Å². The lowest BCUT2D eigenvalue weighted by Crippen LogP contribution is -2.35. The number of hydrogen-bond donors (Lipinski definition) is 3. The lowest BCUT2D eigenvalue weighted by molar-refractivity contribution is 0.0944. The third-order valence-electron chi connectivity index (χ3n) is 4.59. The van der Waals surface area contributed by atoms with E-state index in [0.717, 1.165) is 17.4 Å². The summed E-state index contributed by atoms with van der Waals surface area (Å²) >= 11 is 0. The van der Waals surface area contributed by atoms with Gasteiger partial charge in [-0.05, 0) is 18.3 Å². The Morgan fingerprint density at radius 2 is 2.00 bits per heavy atom. The molecule has 1 amide bonds. The first-order valence-corrected chi connectivity index (χ1v) is 9.55. The number of amides is 1. The van der Waals surface area contributed by atoms with Gasteiger partial charge in [-0.1, -0.05) is 20.8 Å². The van der Waals surface area contributed by atoms with Gasteiger partial charge in [-0.2, -0.15) is 9.61 Å². The molecule has 1 fully saturated rings. The van der Waals surface area contributed by atoms with E-state index in [1.807, 2.05) is 20.8 Å².